The molecule has 0 amide bonds. The molecule has 10 atom stereocenters. The summed E-state index contributed by atoms with van der Waals surface area (Å²) in [5, 5.41) is 102. The molecular formula is C28H32O15. The van der Waals surface area contributed by atoms with Crippen molar-refractivity contribution >= 4 is 11.4 Å². The molecular weight excluding hydrogens is 576 g/mol. The van der Waals surface area contributed by atoms with Crippen molar-refractivity contribution < 1.29 is 74.8 Å². The molecule has 2 saturated heterocycles. The highest BCUT2D eigenvalue weighted by molar-refractivity contribution is 6.16. The lowest BCUT2D eigenvalue weighted by Crippen LogP contribution is -2.61. The van der Waals surface area contributed by atoms with E-state index in [9.17, 15) is 55.9 Å². The van der Waals surface area contributed by atoms with Gasteiger partial charge in [-0.15, -0.1) is 0 Å². The summed E-state index contributed by atoms with van der Waals surface area (Å²) >= 11 is 0. The Morgan fingerprint density at radius 2 is 1.44 bits per heavy atom. The first kappa shape index (κ1) is 30.9. The van der Waals surface area contributed by atoms with Crippen LogP contribution in [0.2, 0.25) is 0 Å². The minimum Gasteiger partial charge on any atom is -0.508 e. The molecule has 4 unspecified atom stereocenters. The van der Waals surface area contributed by atoms with Crippen LogP contribution in [0, 0.1) is 0 Å². The van der Waals surface area contributed by atoms with E-state index in [-0.39, 0.29) is 34.4 Å². The van der Waals surface area contributed by atoms with Crippen LogP contribution in [0.3, 0.4) is 0 Å². The minimum atomic E-state index is -1.91. The lowest BCUT2D eigenvalue weighted by Gasteiger charge is -2.42. The van der Waals surface area contributed by atoms with Crippen LogP contribution in [-0.2, 0) is 25.4 Å². The first-order valence-corrected chi connectivity index (χ1v) is 13.3. The van der Waals surface area contributed by atoms with Crippen LogP contribution < -0.4 is 0 Å². The van der Waals surface area contributed by atoms with Crippen molar-refractivity contribution in [3.8, 4) is 23.0 Å². The number of fused-ring (bicyclic) bond motifs is 1. The number of aliphatic hydroxyl groups excluding tert-OH is 6. The number of hydrogen-bond donors (Lipinski definition) is 10. The first-order valence-electron chi connectivity index (χ1n) is 13.3. The standard InChI is InChI=1S/C28H32O15/c1-9-19(33)22(36)24(38)27(41-9)40-8-17-20(34)23(37)25(39)28(42-17)43-26-13(10-2-3-14(30)15(31)6-10)5-11-4-12(29)7-16(32)18(11)21(26)35/h2-4,6-7,9,17,19-20,22-25,27-34,36-39H,5,8H2,1H3/t9?,17?,19-,20+,22-,23+,24?,25?,27+,28-/m0/s1. The van der Waals surface area contributed by atoms with E-state index in [0.717, 1.165) is 18.2 Å². The Bertz CT molecular complexity index is 1410. The molecule has 2 aromatic carbocycles. The molecule has 2 aliphatic heterocycles. The normalized spacial score (nSPS) is 34.6. The number of carbonyl (C=O) groups excluding carboxylic acids is 1. The number of ether oxygens (including phenoxy) is 4. The third-order valence-corrected chi connectivity index (χ3v) is 7.72. The molecule has 43 heavy (non-hydrogen) atoms. The molecule has 2 heterocycles. The molecule has 3 aliphatic rings. The van der Waals surface area contributed by atoms with Crippen LogP contribution in [0.4, 0.5) is 0 Å². The number of Topliss-reactive ketones (excluding diaryl/α,β-unsaturated/α-hetero) is 1. The minimum absolute atomic E-state index is 0.0993. The lowest BCUT2D eigenvalue weighted by atomic mass is 9.85. The number of ketones is 1. The molecule has 5 rings (SSSR count). The maximum atomic E-state index is 13.6. The van der Waals surface area contributed by atoms with Crippen LogP contribution in [0.5, 0.6) is 23.0 Å². The summed E-state index contributed by atoms with van der Waals surface area (Å²) in [5.74, 6) is -3.22. The Hall–Kier alpha value is -3.51. The van der Waals surface area contributed by atoms with Crippen molar-refractivity contribution in [2.45, 2.75) is 74.8 Å². The predicted molar refractivity (Wildman–Crippen MR) is 141 cm³/mol. The Morgan fingerprint density at radius 3 is 2.14 bits per heavy atom. The van der Waals surface area contributed by atoms with Crippen molar-refractivity contribution in [1.29, 1.82) is 0 Å². The van der Waals surface area contributed by atoms with Crippen molar-refractivity contribution in [2.24, 2.45) is 0 Å². The summed E-state index contributed by atoms with van der Waals surface area (Å²) in [5.41, 5.74) is 0.277. The highest BCUT2D eigenvalue weighted by Crippen LogP contribution is 2.41. The number of phenols is 4. The molecule has 0 aromatic heterocycles. The molecule has 0 bridgehead atoms. The maximum absolute atomic E-state index is 13.6. The van der Waals surface area contributed by atoms with E-state index in [4.69, 9.17) is 18.9 Å². The molecule has 15 heteroatoms. The van der Waals surface area contributed by atoms with Crippen molar-refractivity contribution in [2.75, 3.05) is 6.61 Å². The second-order valence-electron chi connectivity index (χ2n) is 10.7. The number of allylic oxidation sites excluding steroid dienone is 2. The molecule has 2 fully saturated rings. The second-order valence-corrected chi connectivity index (χ2v) is 10.7. The van der Waals surface area contributed by atoms with E-state index in [0.29, 0.717) is 0 Å². The van der Waals surface area contributed by atoms with Gasteiger partial charge in [0.15, 0.2) is 23.5 Å². The molecule has 1 aliphatic carbocycles. The lowest BCUT2D eigenvalue weighted by molar-refractivity contribution is -0.323. The molecule has 0 radical (unpaired) electrons. The van der Waals surface area contributed by atoms with Crippen LogP contribution >= 0.6 is 0 Å². The summed E-state index contributed by atoms with van der Waals surface area (Å²) in [6.07, 6.45) is -16.0. The zero-order valence-electron chi connectivity index (χ0n) is 22.6. The van der Waals surface area contributed by atoms with E-state index >= 15 is 0 Å². The number of benzene rings is 2. The molecule has 10 N–H and O–H groups in total. The highest BCUT2D eigenvalue weighted by atomic mass is 16.7. The predicted octanol–water partition coefficient (Wildman–Crippen LogP) is -1.67. The smallest absolute Gasteiger partial charge is 0.232 e. The van der Waals surface area contributed by atoms with Crippen molar-refractivity contribution in [3.63, 3.8) is 0 Å². The van der Waals surface area contributed by atoms with Crippen LogP contribution in [-0.4, -0.2) is 125 Å². The number of rotatable bonds is 6. The van der Waals surface area contributed by atoms with Crippen LogP contribution in [0.25, 0.3) is 5.57 Å². The van der Waals surface area contributed by atoms with Crippen molar-refractivity contribution in [1.82, 2.24) is 0 Å². The van der Waals surface area contributed by atoms with E-state index in [2.05, 4.69) is 0 Å². The monoisotopic (exact) mass is 608 g/mol. The van der Waals surface area contributed by atoms with Gasteiger partial charge in [-0.25, -0.2) is 0 Å². The molecule has 2 aromatic rings. The summed E-state index contributed by atoms with van der Waals surface area (Å²) in [6, 6.07) is 5.87. The van der Waals surface area contributed by atoms with Gasteiger partial charge in [-0.1, -0.05) is 6.07 Å². The zero-order valence-corrected chi connectivity index (χ0v) is 22.6. The Labute approximate surface area is 243 Å². The summed E-state index contributed by atoms with van der Waals surface area (Å²) in [6.45, 7) is 0.861. The van der Waals surface area contributed by atoms with Gasteiger partial charge in [0, 0.05) is 18.1 Å². The van der Waals surface area contributed by atoms with Crippen molar-refractivity contribution in [3.05, 3.63) is 52.8 Å². The van der Waals surface area contributed by atoms with Crippen LogP contribution in [0.1, 0.15) is 28.4 Å². The topological polar surface area (TPSA) is 256 Å². The van der Waals surface area contributed by atoms with Gasteiger partial charge in [-0.05, 0) is 36.2 Å². The number of phenolic OH excluding ortho intramolecular Hbond substituents is 4. The molecule has 15 nitrogen and oxygen atoms in total. The second kappa shape index (κ2) is 11.9. The van der Waals surface area contributed by atoms with Gasteiger partial charge in [0.05, 0.1) is 18.3 Å². The average molecular weight is 609 g/mol. The molecule has 234 valence electrons. The Balaban J connectivity index is 1.44. The van der Waals surface area contributed by atoms with Crippen LogP contribution in [0.15, 0.2) is 36.1 Å². The highest BCUT2D eigenvalue weighted by Gasteiger charge is 2.48. The number of aliphatic hydroxyl groups is 6. The van der Waals surface area contributed by atoms with Gasteiger partial charge in [-0.3, -0.25) is 4.79 Å². The Morgan fingerprint density at radius 1 is 0.767 bits per heavy atom. The number of carbonyl (C=O) groups is 1. The summed E-state index contributed by atoms with van der Waals surface area (Å²) in [4.78, 5) is 13.6. The van der Waals surface area contributed by atoms with E-state index in [1.54, 1.807) is 0 Å². The van der Waals surface area contributed by atoms with E-state index in [1.807, 2.05) is 0 Å². The van der Waals surface area contributed by atoms with Gasteiger partial charge < -0.3 is 70.0 Å². The van der Waals surface area contributed by atoms with E-state index < -0.39 is 96.8 Å². The molecule has 0 saturated carbocycles. The zero-order chi connectivity index (χ0) is 31.3. The maximum Gasteiger partial charge on any atom is 0.232 e. The third kappa shape index (κ3) is 5.74. The van der Waals surface area contributed by atoms with Gasteiger partial charge in [0.2, 0.25) is 12.1 Å². The number of hydrogen-bond acceptors (Lipinski definition) is 15. The number of aromatic hydroxyl groups is 4. The fraction of sp³-hybridized carbons (Fsp3) is 0.464. The summed E-state index contributed by atoms with van der Waals surface area (Å²) in [7, 11) is 0. The van der Waals surface area contributed by atoms with Gasteiger partial charge in [0.25, 0.3) is 0 Å². The van der Waals surface area contributed by atoms with E-state index in [1.165, 1.54) is 19.1 Å². The summed E-state index contributed by atoms with van der Waals surface area (Å²) < 4.78 is 22.3. The fourth-order valence-corrected chi connectivity index (χ4v) is 5.27. The quantitative estimate of drug-likeness (QED) is 0.164. The van der Waals surface area contributed by atoms with Gasteiger partial charge in [-0.2, -0.15) is 0 Å². The third-order valence-electron chi connectivity index (χ3n) is 7.72. The Kier molecular flexibility index (Phi) is 8.54. The SMILES string of the molecule is CC1O[C@@H](OCC2O[C@@H](OC3=C(c4ccc(O)c(O)c4)Cc4cc(O)cc(O)c4C3=O)C(O)[C@H](O)[C@@H]2O)C(O)[C@@H](O)[C@H]1O. The average Bonchev–Trinajstić information content (AvgIpc) is 2.96. The van der Waals surface area contributed by atoms with Gasteiger partial charge in [0.1, 0.15) is 54.2 Å². The largest absolute Gasteiger partial charge is 0.508 e. The van der Waals surface area contributed by atoms with Gasteiger partial charge >= 0.3 is 0 Å². The molecule has 0 spiro atoms. The fourth-order valence-electron chi connectivity index (χ4n) is 5.27. The first-order chi connectivity index (χ1) is 20.3.